The van der Waals surface area contributed by atoms with Gasteiger partial charge in [-0.15, -0.1) is 0 Å². The lowest BCUT2D eigenvalue weighted by Gasteiger charge is -2.13. The van der Waals surface area contributed by atoms with Gasteiger partial charge >= 0.3 is 0 Å². The third-order valence-corrected chi connectivity index (χ3v) is 4.84. The molecule has 0 aliphatic carbocycles. The topological polar surface area (TPSA) is 94.0 Å². The Morgan fingerprint density at radius 2 is 1.86 bits per heavy atom. The minimum absolute atomic E-state index is 0.0248. The normalized spacial score (nSPS) is 18.2. The van der Waals surface area contributed by atoms with Gasteiger partial charge in [-0.1, -0.05) is 30.3 Å². The molecule has 28 heavy (non-hydrogen) atoms. The van der Waals surface area contributed by atoms with Gasteiger partial charge in [0.05, 0.1) is 17.7 Å². The summed E-state index contributed by atoms with van der Waals surface area (Å²) in [7, 11) is 0. The summed E-state index contributed by atoms with van der Waals surface area (Å²) in [4.78, 5) is 24.6. The molecule has 0 spiro atoms. The number of carbonyl (C=O) groups excluding carboxylic acids is 2. The van der Waals surface area contributed by atoms with E-state index in [1.165, 1.54) is 5.56 Å². The molecule has 2 aromatic carbocycles. The highest BCUT2D eigenvalue weighted by Crippen LogP contribution is 2.10. The predicted molar refractivity (Wildman–Crippen MR) is 107 cm³/mol. The molecule has 1 heterocycles. The molecule has 0 unspecified atom stereocenters. The molecule has 1 aliphatic rings. The van der Waals surface area contributed by atoms with Crippen molar-refractivity contribution in [2.45, 2.75) is 31.3 Å². The largest absolute Gasteiger partial charge is 0.355 e. The van der Waals surface area contributed by atoms with Crippen LogP contribution in [0.4, 0.5) is 0 Å². The van der Waals surface area contributed by atoms with E-state index in [4.69, 9.17) is 5.26 Å². The number of hydrogen-bond acceptors (Lipinski definition) is 4. The molecule has 1 fully saturated rings. The fourth-order valence-corrected chi connectivity index (χ4v) is 3.28. The molecule has 2 atom stereocenters. The number of rotatable bonds is 7. The number of nitrogens with zero attached hydrogens (tertiary/aromatic N) is 1. The molecule has 144 valence electrons. The van der Waals surface area contributed by atoms with Crippen molar-refractivity contribution < 1.29 is 9.59 Å². The van der Waals surface area contributed by atoms with Crippen LogP contribution in [0.2, 0.25) is 0 Å². The minimum Gasteiger partial charge on any atom is -0.355 e. The van der Waals surface area contributed by atoms with E-state index in [0.717, 1.165) is 12.8 Å². The molecular formula is C22H24N4O2. The van der Waals surface area contributed by atoms with Gasteiger partial charge in [-0.05, 0) is 49.1 Å². The van der Waals surface area contributed by atoms with Crippen LogP contribution in [0, 0.1) is 11.3 Å². The van der Waals surface area contributed by atoms with Crippen molar-refractivity contribution in [1.82, 2.24) is 16.0 Å². The molecule has 0 aromatic heterocycles. The van der Waals surface area contributed by atoms with Crippen molar-refractivity contribution in [2.24, 2.45) is 0 Å². The molecule has 6 heteroatoms. The predicted octanol–water partition coefficient (Wildman–Crippen LogP) is 1.77. The average Bonchev–Trinajstić information content (AvgIpc) is 3.20. The van der Waals surface area contributed by atoms with Crippen LogP contribution in [0.25, 0.3) is 0 Å². The third-order valence-electron chi connectivity index (χ3n) is 4.84. The first kappa shape index (κ1) is 19.6. The van der Waals surface area contributed by atoms with Crippen LogP contribution in [-0.2, 0) is 11.2 Å². The third kappa shape index (κ3) is 5.41. The van der Waals surface area contributed by atoms with E-state index in [0.29, 0.717) is 30.6 Å². The van der Waals surface area contributed by atoms with Crippen LogP contribution < -0.4 is 16.0 Å². The maximum absolute atomic E-state index is 12.3. The second kappa shape index (κ2) is 9.67. The Hall–Kier alpha value is -3.17. The van der Waals surface area contributed by atoms with Crippen molar-refractivity contribution in [2.75, 3.05) is 13.1 Å². The molecule has 1 saturated heterocycles. The number of hydrogen-bond donors (Lipinski definition) is 3. The molecule has 0 saturated carbocycles. The molecule has 0 bridgehead atoms. The lowest BCUT2D eigenvalue weighted by molar-refractivity contribution is -0.122. The van der Waals surface area contributed by atoms with Crippen molar-refractivity contribution in [1.29, 1.82) is 5.26 Å². The van der Waals surface area contributed by atoms with E-state index >= 15 is 0 Å². The van der Waals surface area contributed by atoms with E-state index in [1.54, 1.807) is 24.3 Å². The molecule has 1 aliphatic heterocycles. The molecule has 0 radical (unpaired) electrons. The summed E-state index contributed by atoms with van der Waals surface area (Å²) in [6.07, 6.45) is 2.39. The van der Waals surface area contributed by atoms with E-state index in [2.05, 4.69) is 28.1 Å². The summed E-state index contributed by atoms with van der Waals surface area (Å²) >= 11 is 0. The Kier molecular flexibility index (Phi) is 6.77. The zero-order valence-corrected chi connectivity index (χ0v) is 15.7. The SMILES string of the molecule is N#Cc1ccc(C(=O)N[C@H]2CN[C@H](C(=O)NCCCc3ccccc3)C2)cc1. The second-order valence-electron chi connectivity index (χ2n) is 6.94. The van der Waals surface area contributed by atoms with Crippen LogP contribution in [0.15, 0.2) is 54.6 Å². The number of benzene rings is 2. The first-order valence-corrected chi connectivity index (χ1v) is 9.52. The highest BCUT2D eigenvalue weighted by Gasteiger charge is 2.30. The summed E-state index contributed by atoms with van der Waals surface area (Å²) in [5.41, 5.74) is 2.29. The minimum atomic E-state index is -0.289. The zero-order valence-electron chi connectivity index (χ0n) is 15.7. The van der Waals surface area contributed by atoms with Crippen LogP contribution in [0.1, 0.15) is 34.3 Å². The van der Waals surface area contributed by atoms with Crippen LogP contribution in [0.3, 0.4) is 0 Å². The van der Waals surface area contributed by atoms with E-state index in [-0.39, 0.29) is 23.9 Å². The number of amides is 2. The van der Waals surface area contributed by atoms with E-state index in [1.807, 2.05) is 24.3 Å². The highest BCUT2D eigenvalue weighted by molar-refractivity contribution is 5.94. The quantitative estimate of drug-likeness (QED) is 0.642. The zero-order chi connectivity index (χ0) is 19.8. The van der Waals surface area contributed by atoms with Gasteiger partial charge in [0.25, 0.3) is 5.91 Å². The van der Waals surface area contributed by atoms with Crippen molar-refractivity contribution in [3.8, 4) is 6.07 Å². The number of carbonyl (C=O) groups is 2. The Morgan fingerprint density at radius 1 is 1.11 bits per heavy atom. The summed E-state index contributed by atoms with van der Waals surface area (Å²) in [5, 5.41) is 17.9. The number of aryl methyl sites for hydroxylation is 1. The Balaban J connectivity index is 1.38. The van der Waals surface area contributed by atoms with Gasteiger partial charge in [0.2, 0.25) is 5.91 Å². The monoisotopic (exact) mass is 376 g/mol. The maximum Gasteiger partial charge on any atom is 0.251 e. The van der Waals surface area contributed by atoms with Gasteiger partial charge in [-0.2, -0.15) is 5.26 Å². The molecular weight excluding hydrogens is 352 g/mol. The van der Waals surface area contributed by atoms with Gasteiger partial charge in [0.1, 0.15) is 0 Å². The lowest BCUT2D eigenvalue weighted by Crippen LogP contribution is -2.40. The van der Waals surface area contributed by atoms with E-state index < -0.39 is 0 Å². The summed E-state index contributed by atoms with van der Waals surface area (Å²) in [6.45, 7) is 1.19. The molecule has 3 N–H and O–H groups in total. The molecule has 6 nitrogen and oxygen atoms in total. The fourth-order valence-electron chi connectivity index (χ4n) is 3.28. The number of nitrogens with one attached hydrogen (secondary N) is 3. The maximum atomic E-state index is 12.3. The second-order valence-corrected chi connectivity index (χ2v) is 6.94. The Bertz CT molecular complexity index is 843. The Morgan fingerprint density at radius 3 is 2.57 bits per heavy atom. The highest BCUT2D eigenvalue weighted by atomic mass is 16.2. The number of nitriles is 1. The fraction of sp³-hybridized carbons (Fsp3) is 0.318. The molecule has 3 rings (SSSR count). The average molecular weight is 376 g/mol. The van der Waals surface area contributed by atoms with Crippen molar-refractivity contribution in [3.05, 3.63) is 71.3 Å². The van der Waals surface area contributed by atoms with Crippen LogP contribution >= 0.6 is 0 Å². The molecule has 2 aromatic rings. The summed E-state index contributed by atoms with van der Waals surface area (Å²) in [5.74, 6) is -0.219. The van der Waals surface area contributed by atoms with Crippen LogP contribution in [0.5, 0.6) is 0 Å². The van der Waals surface area contributed by atoms with Crippen LogP contribution in [-0.4, -0.2) is 37.0 Å². The van der Waals surface area contributed by atoms with Gasteiger partial charge < -0.3 is 16.0 Å². The van der Waals surface area contributed by atoms with Gasteiger partial charge in [-0.25, -0.2) is 0 Å². The molecule has 2 amide bonds. The summed E-state index contributed by atoms with van der Waals surface area (Å²) < 4.78 is 0. The van der Waals surface area contributed by atoms with Crippen molar-refractivity contribution in [3.63, 3.8) is 0 Å². The lowest BCUT2D eigenvalue weighted by atomic mass is 10.1. The first-order chi connectivity index (χ1) is 13.7. The van der Waals surface area contributed by atoms with E-state index in [9.17, 15) is 9.59 Å². The smallest absolute Gasteiger partial charge is 0.251 e. The summed E-state index contributed by atoms with van der Waals surface area (Å²) in [6, 6.07) is 18.3. The van der Waals surface area contributed by atoms with Crippen molar-refractivity contribution >= 4 is 11.8 Å². The first-order valence-electron chi connectivity index (χ1n) is 9.52. The Labute approximate surface area is 164 Å². The van der Waals surface area contributed by atoms with Gasteiger partial charge in [-0.3, -0.25) is 9.59 Å². The standard InChI is InChI=1S/C22H24N4O2/c23-14-17-8-10-18(11-9-17)21(27)26-19-13-20(25-15-19)22(28)24-12-4-7-16-5-2-1-3-6-16/h1-3,5-6,8-11,19-20,25H,4,7,12-13,15H2,(H,24,28)(H,26,27)/t19-,20+/m1/s1. The van der Waals surface area contributed by atoms with Gasteiger partial charge in [0, 0.05) is 24.7 Å². The van der Waals surface area contributed by atoms with Gasteiger partial charge in [0.15, 0.2) is 0 Å².